The van der Waals surface area contributed by atoms with Crippen LogP contribution in [-0.2, 0) is 9.53 Å². The molecule has 0 aliphatic rings. The lowest BCUT2D eigenvalue weighted by Gasteiger charge is -2.21. The maximum absolute atomic E-state index is 13.7. The lowest BCUT2D eigenvalue weighted by Crippen LogP contribution is -2.38. The summed E-state index contributed by atoms with van der Waals surface area (Å²) in [6, 6.07) is 9.27. The second-order valence-electron chi connectivity index (χ2n) is 7.67. The summed E-state index contributed by atoms with van der Waals surface area (Å²) < 4.78 is 32.6. The third-order valence-electron chi connectivity index (χ3n) is 4.01. The zero-order valence-corrected chi connectivity index (χ0v) is 17.8. The molecule has 0 aromatic heterocycles. The van der Waals surface area contributed by atoms with E-state index in [1.165, 1.54) is 35.2 Å². The molecule has 0 bridgehead atoms. The van der Waals surface area contributed by atoms with Crippen molar-refractivity contribution < 1.29 is 27.9 Å². The maximum atomic E-state index is 13.7. The number of nitrogens with zero attached hydrogens (tertiary/aromatic N) is 1. The summed E-state index contributed by atoms with van der Waals surface area (Å²) in [5.74, 6) is -3.00. The van der Waals surface area contributed by atoms with Crippen molar-refractivity contribution in [3.8, 4) is 0 Å². The summed E-state index contributed by atoms with van der Waals surface area (Å²) >= 11 is 0. The van der Waals surface area contributed by atoms with Crippen LogP contribution < -0.4 is 10.6 Å². The van der Waals surface area contributed by atoms with Crippen LogP contribution in [0.4, 0.5) is 25.0 Å². The van der Waals surface area contributed by atoms with Gasteiger partial charge in [-0.3, -0.25) is 14.9 Å². The van der Waals surface area contributed by atoms with Crippen LogP contribution in [0.5, 0.6) is 0 Å². The van der Waals surface area contributed by atoms with Gasteiger partial charge in [-0.15, -0.1) is 0 Å². The number of rotatable bonds is 6. The fourth-order valence-electron chi connectivity index (χ4n) is 2.60. The first-order valence-corrected chi connectivity index (χ1v) is 9.63. The normalized spacial score (nSPS) is 10.9. The van der Waals surface area contributed by atoms with E-state index >= 15 is 0 Å². The number of hydrogen-bond acceptors (Lipinski definition) is 4. The van der Waals surface area contributed by atoms with Gasteiger partial charge in [0.05, 0.1) is 0 Å². The van der Waals surface area contributed by atoms with Crippen molar-refractivity contribution in [2.24, 2.45) is 0 Å². The molecule has 0 atom stereocenters. The first-order valence-electron chi connectivity index (χ1n) is 9.63. The van der Waals surface area contributed by atoms with E-state index in [0.717, 1.165) is 12.1 Å². The van der Waals surface area contributed by atoms with E-state index in [1.807, 2.05) is 0 Å². The van der Waals surface area contributed by atoms with Gasteiger partial charge >= 0.3 is 6.09 Å². The van der Waals surface area contributed by atoms with E-state index in [1.54, 1.807) is 27.7 Å². The Kier molecular flexibility index (Phi) is 7.68. The SMILES string of the molecule is CCN(CC(=O)Nc1c(F)cccc1F)C(=O)c1ccc(NC(=O)OC(C)(C)C)cc1. The quantitative estimate of drug-likeness (QED) is 0.706. The van der Waals surface area contributed by atoms with Crippen molar-refractivity contribution in [1.82, 2.24) is 4.90 Å². The van der Waals surface area contributed by atoms with Crippen LogP contribution in [0.25, 0.3) is 0 Å². The van der Waals surface area contributed by atoms with Crippen molar-refractivity contribution in [1.29, 1.82) is 0 Å². The molecule has 0 spiro atoms. The highest BCUT2D eigenvalue weighted by molar-refractivity contribution is 5.99. The second-order valence-corrected chi connectivity index (χ2v) is 7.67. The Hall–Kier alpha value is -3.49. The Labute approximate surface area is 179 Å². The molecule has 3 amide bonds. The van der Waals surface area contributed by atoms with Gasteiger partial charge < -0.3 is 15.0 Å². The Bertz CT molecular complexity index is 936. The number of ether oxygens (including phenoxy) is 1. The second kappa shape index (κ2) is 10.0. The summed E-state index contributed by atoms with van der Waals surface area (Å²) in [5, 5.41) is 4.71. The first kappa shape index (κ1) is 23.8. The van der Waals surface area contributed by atoms with Crippen LogP contribution >= 0.6 is 0 Å². The molecule has 0 aliphatic heterocycles. The summed E-state index contributed by atoms with van der Waals surface area (Å²) in [6.45, 7) is 6.71. The van der Waals surface area contributed by atoms with Crippen LogP contribution in [0.3, 0.4) is 0 Å². The standard InChI is InChI=1S/C22H25F2N3O4/c1-5-27(13-18(28)26-19-16(23)7-6-8-17(19)24)20(29)14-9-11-15(12-10-14)25-21(30)31-22(2,3)4/h6-12H,5,13H2,1-4H3,(H,25,30)(H,26,28). The molecular formula is C22H25F2N3O4. The van der Waals surface area contributed by atoms with Crippen molar-refractivity contribution >= 4 is 29.3 Å². The van der Waals surface area contributed by atoms with E-state index in [2.05, 4.69) is 10.6 Å². The molecule has 0 fully saturated rings. The minimum Gasteiger partial charge on any atom is -0.444 e. The minimum atomic E-state index is -0.907. The summed E-state index contributed by atoms with van der Waals surface area (Å²) in [5.41, 5.74) is -0.495. The highest BCUT2D eigenvalue weighted by atomic mass is 19.1. The van der Waals surface area contributed by atoms with Gasteiger partial charge in [-0.1, -0.05) is 6.07 Å². The van der Waals surface area contributed by atoms with Crippen molar-refractivity contribution in [3.05, 3.63) is 59.7 Å². The van der Waals surface area contributed by atoms with E-state index in [4.69, 9.17) is 4.74 Å². The molecule has 2 aromatic rings. The van der Waals surface area contributed by atoms with Crippen LogP contribution in [0, 0.1) is 11.6 Å². The van der Waals surface area contributed by atoms with Crippen LogP contribution in [0.15, 0.2) is 42.5 Å². The lowest BCUT2D eigenvalue weighted by atomic mass is 10.1. The molecule has 9 heteroatoms. The Morgan fingerprint density at radius 3 is 2.06 bits per heavy atom. The van der Waals surface area contributed by atoms with E-state index in [9.17, 15) is 23.2 Å². The van der Waals surface area contributed by atoms with Gasteiger partial charge in [0.15, 0.2) is 0 Å². The monoisotopic (exact) mass is 433 g/mol. The summed E-state index contributed by atoms with van der Waals surface area (Å²) in [4.78, 5) is 38.0. The zero-order chi connectivity index (χ0) is 23.2. The number of carbonyl (C=O) groups excluding carboxylic acids is 3. The van der Waals surface area contributed by atoms with Crippen LogP contribution in [0.1, 0.15) is 38.1 Å². The molecule has 2 aromatic carbocycles. The number of halogens is 2. The molecule has 31 heavy (non-hydrogen) atoms. The fraction of sp³-hybridized carbons (Fsp3) is 0.318. The summed E-state index contributed by atoms with van der Waals surface area (Å²) in [7, 11) is 0. The maximum Gasteiger partial charge on any atom is 0.412 e. The lowest BCUT2D eigenvalue weighted by molar-refractivity contribution is -0.116. The van der Waals surface area contributed by atoms with Gasteiger partial charge in [0.2, 0.25) is 5.91 Å². The number of likely N-dealkylation sites (N-methyl/N-ethyl adjacent to an activating group) is 1. The van der Waals surface area contributed by atoms with Gasteiger partial charge in [-0.2, -0.15) is 0 Å². The third kappa shape index (κ3) is 7.06. The van der Waals surface area contributed by atoms with E-state index in [-0.39, 0.29) is 18.7 Å². The number of carbonyl (C=O) groups is 3. The van der Waals surface area contributed by atoms with Gasteiger partial charge in [0.25, 0.3) is 5.91 Å². The van der Waals surface area contributed by atoms with Crippen molar-refractivity contribution in [2.75, 3.05) is 23.7 Å². The smallest absolute Gasteiger partial charge is 0.412 e. The average Bonchev–Trinajstić information content (AvgIpc) is 2.67. The van der Waals surface area contributed by atoms with E-state index in [0.29, 0.717) is 5.69 Å². The fourth-order valence-corrected chi connectivity index (χ4v) is 2.60. The Balaban J connectivity index is 2.01. The molecular weight excluding hydrogens is 408 g/mol. The number of amides is 3. The van der Waals surface area contributed by atoms with Crippen molar-refractivity contribution in [3.63, 3.8) is 0 Å². The number of anilines is 2. The number of nitrogens with one attached hydrogen (secondary N) is 2. The molecule has 2 N–H and O–H groups in total. The third-order valence-corrected chi connectivity index (χ3v) is 4.01. The van der Waals surface area contributed by atoms with E-state index < -0.39 is 40.8 Å². The number of benzene rings is 2. The van der Waals surface area contributed by atoms with Crippen LogP contribution in [-0.4, -0.2) is 41.5 Å². The molecule has 0 saturated heterocycles. The highest BCUT2D eigenvalue weighted by Crippen LogP contribution is 2.18. The Morgan fingerprint density at radius 2 is 1.55 bits per heavy atom. The largest absolute Gasteiger partial charge is 0.444 e. The molecule has 166 valence electrons. The summed E-state index contributed by atoms with van der Waals surface area (Å²) in [6.07, 6.45) is -0.626. The molecule has 0 saturated carbocycles. The van der Waals surface area contributed by atoms with Gasteiger partial charge in [0, 0.05) is 17.8 Å². The van der Waals surface area contributed by atoms with Crippen LogP contribution in [0.2, 0.25) is 0 Å². The first-order chi connectivity index (χ1) is 14.5. The van der Waals surface area contributed by atoms with Gasteiger partial charge in [0.1, 0.15) is 29.5 Å². The van der Waals surface area contributed by atoms with Gasteiger partial charge in [-0.25, -0.2) is 13.6 Å². The molecule has 0 heterocycles. The Morgan fingerprint density at radius 1 is 0.968 bits per heavy atom. The molecule has 2 rings (SSSR count). The number of hydrogen-bond donors (Lipinski definition) is 2. The topological polar surface area (TPSA) is 87.7 Å². The zero-order valence-electron chi connectivity index (χ0n) is 17.8. The van der Waals surface area contributed by atoms with Crippen molar-refractivity contribution in [2.45, 2.75) is 33.3 Å². The molecule has 0 aliphatic carbocycles. The molecule has 0 unspecified atom stereocenters. The molecule has 7 nitrogen and oxygen atoms in total. The predicted octanol–water partition coefficient (Wildman–Crippen LogP) is 4.41. The predicted molar refractivity (Wildman–Crippen MR) is 113 cm³/mol. The molecule has 0 radical (unpaired) electrons. The highest BCUT2D eigenvalue weighted by Gasteiger charge is 2.20. The number of para-hydroxylation sites is 1. The average molecular weight is 433 g/mol. The van der Waals surface area contributed by atoms with Gasteiger partial charge in [-0.05, 0) is 64.1 Å². The minimum absolute atomic E-state index is 0.198.